The predicted molar refractivity (Wildman–Crippen MR) is 126 cm³/mol. The average molecular weight is 466 g/mol. The summed E-state index contributed by atoms with van der Waals surface area (Å²) in [7, 11) is 1.84. The quantitative estimate of drug-likeness (QED) is 0.373. The first-order chi connectivity index (χ1) is 14.5. The second-order valence-electron chi connectivity index (χ2n) is 6.93. The predicted octanol–water partition coefficient (Wildman–Crippen LogP) is 4.83. The van der Waals surface area contributed by atoms with Gasteiger partial charge in [0.25, 0.3) is 0 Å². The summed E-state index contributed by atoms with van der Waals surface area (Å²) in [5, 5.41) is 11.5. The standard InChI is InChI=1S/C21H25Cl2N5OS/c1-13(14-4-5-15(22)16(23)12-14)25-10-3-11-26-19(29)8-9-20-27-17-6-7-18(24-2)28-21(17)30-20/h4-7,12-13,25H,3,8-11H2,1-2H3,(H,24,28)(H,26,29). The summed E-state index contributed by atoms with van der Waals surface area (Å²) in [4.78, 5) is 22.0. The van der Waals surface area contributed by atoms with Crippen molar-refractivity contribution in [3.05, 3.63) is 50.9 Å². The van der Waals surface area contributed by atoms with Crippen molar-refractivity contribution in [1.82, 2.24) is 20.6 Å². The van der Waals surface area contributed by atoms with Crippen molar-refractivity contribution in [2.75, 3.05) is 25.5 Å². The summed E-state index contributed by atoms with van der Waals surface area (Å²) in [5.41, 5.74) is 1.96. The van der Waals surface area contributed by atoms with Crippen LogP contribution in [0.25, 0.3) is 10.3 Å². The molecule has 160 valence electrons. The number of hydrogen-bond donors (Lipinski definition) is 3. The van der Waals surface area contributed by atoms with Gasteiger partial charge in [-0.15, -0.1) is 0 Å². The van der Waals surface area contributed by atoms with Crippen molar-refractivity contribution in [2.24, 2.45) is 0 Å². The van der Waals surface area contributed by atoms with E-state index in [4.69, 9.17) is 23.2 Å². The van der Waals surface area contributed by atoms with Crippen LogP contribution < -0.4 is 16.0 Å². The number of aryl methyl sites for hydroxylation is 1. The molecular formula is C21H25Cl2N5OS. The topological polar surface area (TPSA) is 78.9 Å². The minimum absolute atomic E-state index is 0.0376. The second-order valence-corrected chi connectivity index (χ2v) is 8.81. The fraction of sp³-hybridized carbons (Fsp3) is 0.381. The van der Waals surface area contributed by atoms with Crippen LogP contribution in [0.1, 0.15) is 36.4 Å². The molecule has 2 aromatic heterocycles. The summed E-state index contributed by atoms with van der Waals surface area (Å²) in [5.74, 6) is 0.855. The zero-order chi connectivity index (χ0) is 21.5. The Labute approximate surface area is 190 Å². The molecule has 6 nitrogen and oxygen atoms in total. The van der Waals surface area contributed by atoms with Gasteiger partial charge >= 0.3 is 0 Å². The number of fused-ring (bicyclic) bond motifs is 1. The van der Waals surface area contributed by atoms with Crippen molar-refractivity contribution >= 4 is 56.6 Å². The van der Waals surface area contributed by atoms with Gasteiger partial charge < -0.3 is 16.0 Å². The van der Waals surface area contributed by atoms with Gasteiger partial charge in [-0.3, -0.25) is 4.79 Å². The molecule has 0 aliphatic heterocycles. The Bertz CT molecular complexity index is 1010. The van der Waals surface area contributed by atoms with Gasteiger partial charge in [-0.05, 0) is 49.7 Å². The molecule has 0 bridgehead atoms. The van der Waals surface area contributed by atoms with Gasteiger partial charge in [0.05, 0.1) is 15.1 Å². The molecule has 0 saturated carbocycles. The van der Waals surface area contributed by atoms with E-state index < -0.39 is 0 Å². The zero-order valence-corrected chi connectivity index (χ0v) is 19.3. The summed E-state index contributed by atoms with van der Waals surface area (Å²) in [6.07, 6.45) is 1.88. The number of anilines is 1. The smallest absolute Gasteiger partial charge is 0.220 e. The Morgan fingerprint density at radius 1 is 1.13 bits per heavy atom. The molecule has 1 amide bonds. The Morgan fingerprint density at radius 2 is 1.97 bits per heavy atom. The number of aromatic nitrogens is 2. The van der Waals surface area contributed by atoms with Gasteiger partial charge in [0.1, 0.15) is 16.2 Å². The highest BCUT2D eigenvalue weighted by Gasteiger charge is 2.09. The summed E-state index contributed by atoms with van der Waals surface area (Å²) < 4.78 is 0. The fourth-order valence-electron chi connectivity index (χ4n) is 2.95. The molecule has 1 atom stereocenters. The third kappa shape index (κ3) is 6.28. The molecular weight excluding hydrogens is 441 g/mol. The number of nitrogens with one attached hydrogen (secondary N) is 3. The molecule has 3 aromatic rings. The Balaban J connectivity index is 1.34. The van der Waals surface area contributed by atoms with Crippen LogP contribution >= 0.6 is 34.5 Å². The highest BCUT2D eigenvalue weighted by Crippen LogP contribution is 2.25. The van der Waals surface area contributed by atoms with E-state index in [1.165, 1.54) is 11.3 Å². The van der Waals surface area contributed by atoms with Crippen LogP contribution in [-0.2, 0) is 11.2 Å². The van der Waals surface area contributed by atoms with Crippen molar-refractivity contribution in [1.29, 1.82) is 0 Å². The SMILES string of the molecule is CNc1ccc2nc(CCC(=O)NCCCNC(C)c3ccc(Cl)c(Cl)c3)sc2n1. The minimum Gasteiger partial charge on any atom is -0.373 e. The molecule has 0 spiro atoms. The highest BCUT2D eigenvalue weighted by atomic mass is 35.5. The van der Waals surface area contributed by atoms with E-state index in [-0.39, 0.29) is 11.9 Å². The van der Waals surface area contributed by atoms with Gasteiger partial charge in [-0.2, -0.15) is 0 Å². The zero-order valence-electron chi connectivity index (χ0n) is 17.0. The average Bonchev–Trinajstić information content (AvgIpc) is 3.15. The highest BCUT2D eigenvalue weighted by molar-refractivity contribution is 7.18. The molecule has 3 N–H and O–H groups in total. The second kappa shape index (κ2) is 10.9. The Morgan fingerprint density at radius 3 is 2.73 bits per heavy atom. The number of carbonyl (C=O) groups is 1. The molecule has 1 aromatic carbocycles. The Hall–Kier alpha value is -1.93. The lowest BCUT2D eigenvalue weighted by Gasteiger charge is -2.15. The van der Waals surface area contributed by atoms with E-state index in [1.807, 2.05) is 31.3 Å². The van der Waals surface area contributed by atoms with Crippen LogP contribution in [-0.4, -0.2) is 36.0 Å². The van der Waals surface area contributed by atoms with Crippen LogP contribution in [0, 0.1) is 0 Å². The molecule has 0 aliphatic rings. The van der Waals surface area contributed by atoms with Crippen LogP contribution in [0.4, 0.5) is 5.82 Å². The number of nitrogens with zero attached hydrogens (tertiary/aromatic N) is 2. The maximum Gasteiger partial charge on any atom is 0.220 e. The molecule has 0 radical (unpaired) electrons. The third-order valence-electron chi connectivity index (χ3n) is 4.69. The number of amides is 1. The van der Waals surface area contributed by atoms with Crippen molar-refractivity contribution in [3.8, 4) is 0 Å². The van der Waals surface area contributed by atoms with Crippen LogP contribution in [0.5, 0.6) is 0 Å². The number of carbonyl (C=O) groups excluding carboxylic acids is 1. The van der Waals surface area contributed by atoms with E-state index in [0.29, 0.717) is 29.4 Å². The molecule has 30 heavy (non-hydrogen) atoms. The van der Waals surface area contributed by atoms with Gasteiger partial charge in [-0.1, -0.05) is 40.6 Å². The molecule has 1 unspecified atom stereocenters. The molecule has 2 heterocycles. The molecule has 0 saturated heterocycles. The van der Waals surface area contributed by atoms with E-state index in [2.05, 4.69) is 32.8 Å². The van der Waals surface area contributed by atoms with Crippen molar-refractivity contribution in [2.45, 2.75) is 32.2 Å². The molecule has 0 aliphatic carbocycles. The number of benzene rings is 1. The largest absolute Gasteiger partial charge is 0.373 e. The number of thiazole rings is 1. The first kappa shape index (κ1) is 22.7. The molecule has 3 rings (SSSR count). The van der Waals surface area contributed by atoms with Crippen LogP contribution in [0.3, 0.4) is 0 Å². The van der Waals surface area contributed by atoms with Crippen molar-refractivity contribution in [3.63, 3.8) is 0 Å². The summed E-state index contributed by atoms with van der Waals surface area (Å²) in [6.45, 7) is 3.50. The monoisotopic (exact) mass is 465 g/mol. The van der Waals surface area contributed by atoms with E-state index in [9.17, 15) is 4.79 Å². The fourth-order valence-corrected chi connectivity index (χ4v) is 4.19. The normalized spacial score (nSPS) is 12.1. The van der Waals surface area contributed by atoms with Gasteiger partial charge in [0.2, 0.25) is 5.91 Å². The lowest BCUT2D eigenvalue weighted by atomic mass is 10.1. The first-order valence-corrected chi connectivity index (χ1v) is 11.4. The van der Waals surface area contributed by atoms with Crippen LogP contribution in [0.2, 0.25) is 10.0 Å². The third-order valence-corrected chi connectivity index (χ3v) is 6.46. The first-order valence-electron chi connectivity index (χ1n) is 9.85. The Kier molecular flexibility index (Phi) is 8.27. The number of hydrogen-bond acceptors (Lipinski definition) is 6. The van der Waals surface area contributed by atoms with Gasteiger partial charge in [0.15, 0.2) is 0 Å². The van der Waals surface area contributed by atoms with Crippen molar-refractivity contribution < 1.29 is 4.79 Å². The van der Waals surface area contributed by atoms with E-state index in [0.717, 1.165) is 39.7 Å². The molecule has 9 heteroatoms. The van der Waals surface area contributed by atoms with Gasteiger partial charge in [-0.25, -0.2) is 9.97 Å². The van der Waals surface area contributed by atoms with E-state index in [1.54, 1.807) is 6.07 Å². The lowest BCUT2D eigenvalue weighted by Crippen LogP contribution is -2.28. The minimum atomic E-state index is 0.0376. The summed E-state index contributed by atoms with van der Waals surface area (Å²) in [6, 6.07) is 9.64. The molecule has 0 fully saturated rings. The maximum absolute atomic E-state index is 12.1. The lowest BCUT2D eigenvalue weighted by molar-refractivity contribution is -0.121. The van der Waals surface area contributed by atoms with Gasteiger partial charge in [0, 0.05) is 32.5 Å². The number of halogens is 2. The maximum atomic E-state index is 12.1. The van der Waals surface area contributed by atoms with E-state index >= 15 is 0 Å². The number of rotatable bonds is 10. The van der Waals surface area contributed by atoms with Crippen LogP contribution in [0.15, 0.2) is 30.3 Å². The summed E-state index contributed by atoms with van der Waals surface area (Å²) >= 11 is 13.6. The number of pyridine rings is 1.